The SMILES string of the molecule is C=CCc1cc(S(=O)(=O)N(C)C)c(C)cc1O. The Labute approximate surface area is 102 Å². The summed E-state index contributed by atoms with van der Waals surface area (Å²) in [5, 5.41) is 9.70. The number of benzene rings is 1. The molecule has 0 atom stereocenters. The van der Waals surface area contributed by atoms with Crippen LogP contribution < -0.4 is 0 Å². The lowest BCUT2D eigenvalue weighted by Gasteiger charge is -2.15. The quantitative estimate of drug-likeness (QED) is 0.833. The second-order valence-corrected chi connectivity index (χ2v) is 6.15. The summed E-state index contributed by atoms with van der Waals surface area (Å²) < 4.78 is 25.2. The molecule has 0 saturated heterocycles. The van der Waals surface area contributed by atoms with E-state index in [1.54, 1.807) is 13.0 Å². The summed E-state index contributed by atoms with van der Waals surface area (Å²) in [4.78, 5) is 0.220. The standard InChI is InChI=1S/C12H17NO3S/c1-5-6-10-8-12(9(2)7-11(10)14)17(15,16)13(3)4/h5,7-8,14H,1,6H2,2-4H3. The molecule has 94 valence electrons. The molecule has 1 aromatic carbocycles. The highest BCUT2D eigenvalue weighted by atomic mass is 32.2. The number of aryl methyl sites for hydroxylation is 1. The van der Waals surface area contributed by atoms with Crippen LogP contribution in [0.15, 0.2) is 29.7 Å². The second-order valence-electron chi connectivity index (χ2n) is 4.03. The average molecular weight is 255 g/mol. The molecule has 0 heterocycles. The van der Waals surface area contributed by atoms with E-state index in [1.165, 1.54) is 26.2 Å². The lowest BCUT2D eigenvalue weighted by atomic mass is 10.1. The third-order valence-corrected chi connectivity index (χ3v) is 4.46. The Balaban J connectivity index is 3.45. The molecule has 1 N–H and O–H groups in total. The van der Waals surface area contributed by atoms with E-state index in [9.17, 15) is 13.5 Å². The Bertz CT molecular complexity index is 533. The summed E-state index contributed by atoms with van der Waals surface area (Å²) in [7, 11) is -0.515. The van der Waals surface area contributed by atoms with Crippen molar-refractivity contribution >= 4 is 10.0 Å². The summed E-state index contributed by atoms with van der Waals surface area (Å²) in [6.45, 7) is 5.24. The van der Waals surface area contributed by atoms with Crippen molar-refractivity contribution in [3.05, 3.63) is 35.9 Å². The van der Waals surface area contributed by atoms with E-state index in [1.807, 2.05) is 0 Å². The van der Waals surface area contributed by atoms with Crippen LogP contribution in [0.1, 0.15) is 11.1 Å². The van der Waals surface area contributed by atoms with Crippen LogP contribution in [0.2, 0.25) is 0 Å². The van der Waals surface area contributed by atoms with Crippen molar-refractivity contribution in [1.82, 2.24) is 4.31 Å². The van der Waals surface area contributed by atoms with Crippen molar-refractivity contribution in [2.75, 3.05) is 14.1 Å². The molecule has 4 nitrogen and oxygen atoms in total. The van der Waals surface area contributed by atoms with Gasteiger partial charge in [-0.2, -0.15) is 0 Å². The first-order valence-corrected chi connectivity index (χ1v) is 6.60. The fourth-order valence-corrected chi connectivity index (χ4v) is 2.66. The zero-order valence-corrected chi connectivity index (χ0v) is 11.1. The van der Waals surface area contributed by atoms with Gasteiger partial charge in [0, 0.05) is 14.1 Å². The Morgan fingerprint density at radius 2 is 2.00 bits per heavy atom. The van der Waals surface area contributed by atoms with Gasteiger partial charge in [0.2, 0.25) is 10.0 Å². The number of hydrogen-bond acceptors (Lipinski definition) is 3. The number of nitrogens with zero attached hydrogens (tertiary/aromatic N) is 1. The van der Waals surface area contributed by atoms with Crippen molar-refractivity contribution < 1.29 is 13.5 Å². The molecule has 0 bridgehead atoms. The Hall–Kier alpha value is -1.33. The first kappa shape index (κ1) is 13.7. The Kier molecular flexibility index (Phi) is 3.95. The number of hydrogen-bond donors (Lipinski definition) is 1. The van der Waals surface area contributed by atoms with Crippen molar-refractivity contribution in [3.63, 3.8) is 0 Å². The van der Waals surface area contributed by atoms with Crippen molar-refractivity contribution in [1.29, 1.82) is 0 Å². The number of sulfonamides is 1. The molecule has 1 rings (SSSR count). The van der Waals surface area contributed by atoms with Gasteiger partial charge in [0.05, 0.1) is 4.90 Å². The zero-order valence-electron chi connectivity index (χ0n) is 10.3. The molecular formula is C12H17NO3S. The van der Waals surface area contributed by atoms with Gasteiger partial charge in [-0.15, -0.1) is 6.58 Å². The van der Waals surface area contributed by atoms with E-state index in [0.717, 1.165) is 4.31 Å². The minimum absolute atomic E-state index is 0.0973. The van der Waals surface area contributed by atoms with Crippen LogP contribution in [-0.4, -0.2) is 31.9 Å². The van der Waals surface area contributed by atoms with Gasteiger partial charge in [0.25, 0.3) is 0 Å². The zero-order chi connectivity index (χ0) is 13.2. The van der Waals surface area contributed by atoms with E-state index in [-0.39, 0.29) is 10.6 Å². The first-order chi connectivity index (χ1) is 7.80. The van der Waals surface area contributed by atoms with E-state index in [4.69, 9.17) is 0 Å². The summed E-state index contributed by atoms with van der Waals surface area (Å²) in [5.74, 6) is 0.0973. The predicted molar refractivity (Wildman–Crippen MR) is 67.6 cm³/mol. The Morgan fingerprint density at radius 1 is 1.41 bits per heavy atom. The van der Waals surface area contributed by atoms with Crippen molar-refractivity contribution in [2.24, 2.45) is 0 Å². The number of rotatable bonds is 4. The maximum absolute atomic E-state index is 12.0. The lowest BCUT2D eigenvalue weighted by molar-refractivity contribution is 0.468. The van der Waals surface area contributed by atoms with E-state index < -0.39 is 10.0 Å². The number of allylic oxidation sites excluding steroid dienone is 1. The summed E-state index contributed by atoms with van der Waals surface area (Å²) in [6, 6.07) is 2.97. The molecule has 0 aliphatic carbocycles. The predicted octanol–water partition coefficient (Wildman–Crippen LogP) is 1.68. The van der Waals surface area contributed by atoms with Gasteiger partial charge >= 0.3 is 0 Å². The molecule has 0 aliphatic heterocycles. The number of phenolic OH excluding ortho intramolecular Hbond substituents is 1. The molecule has 0 saturated carbocycles. The highest BCUT2D eigenvalue weighted by Crippen LogP contribution is 2.27. The number of aromatic hydroxyl groups is 1. The summed E-state index contributed by atoms with van der Waals surface area (Å²) in [6.07, 6.45) is 2.05. The third-order valence-electron chi connectivity index (χ3n) is 2.50. The summed E-state index contributed by atoms with van der Waals surface area (Å²) >= 11 is 0. The smallest absolute Gasteiger partial charge is 0.242 e. The van der Waals surface area contributed by atoms with Gasteiger partial charge in [-0.3, -0.25) is 0 Å². The maximum Gasteiger partial charge on any atom is 0.242 e. The van der Waals surface area contributed by atoms with Gasteiger partial charge in [-0.1, -0.05) is 6.08 Å². The van der Waals surface area contributed by atoms with Gasteiger partial charge in [-0.05, 0) is 36.6 Å². The topological polar surface area (TPSA) is 57.6 Å². The van der Waals surface area contributed by atoms with Gasteiger partial charge in [0.1, 0.15) is 5.75 Å². The fraction of sp³-hybridized carbons (Fsp3) is 0.333. The van der Waals surface area contributed by atoms with E-state index in [2.05, 4.69) is 6.58 Å². The highest BCUT2D eigenvalue weighted by molar-refractivity contribution is 7.89. The largest absolute Gasteiger partial charge is 0.508 e. The molecule has 0 aromatic heterocycles. The van der Waals surface area contributed by atoms with Crippen LogP contribution in [0.25, 0.3) is 0 Å². The van der Waals surface area contributed by atoms with Crippen LogP contribution in [0.5, 0.6) is 5.75 Å². The van der Waals surface area contributed by atoms with Crippen LogP contribution in [0.3, 0.4) is 0 Å². The third kappa shape index (κ3) is 2.68. The molecule has 0 fully saturated rings. The second kappa shape index (κ2) is 4.89. The maximum atomic E-state index is 12.0. The van der Waals surface area contributed by atoms with Crippen LogP contribution >= 0.6 is 0 Å². The first-order valence-electron chi connectivity index (χ1n) is 5.16. The Morgan fingerprint density at radius 3 is 2.47 bits per heavy atom. The van der Waals surface area contributed by atoms with E-state index in [0.29, 0.717) is 17.5 Å². The highest BCUT2D eigenvalue weighted by Gasteiger charge is 2.21. The van der Waals surface area contributed by atoms with Crippen LogP contribution in [0, 0.1) is 6.92 Å². The molecule has 0 amide bonds. The van der Waals surface area contributed by atoms with Gasteiger partial charge in [0.15, 0.2) is 0 Å². The molecule has 0 aliphatic rings. The minimum Gasteiger partial charge on any atom is -0.508 e. The molecule has 0 spiro atoms. The molecule has 0 unspecified atom stereocenters. The molecule has 17 heavy (non-hydrogen) atoms. The molecule has 1 aromatic rings. The van der Waals surface area contributed by atoms with Crippen LogP contribution in [0.4, 0.5) is 0 Å². The minimum atomic E-state index is -3.48. The number of phenols is 1. The van der Waals surface area contributed by atoms with Crippen LogP contribution in [-0.2, 0) is 16.4 Å². The summed E-state index contributed by atoms with van der Waals surface area (Å²) in [5.41, 5.74) is 1.09. The monoisotopic (exact) mass is 255 g/mol. The van der Waals surface area contributed by atoms with Crippen molar-refractivity contribution in [3.8, 4) is 5.75 Å². The van der Waals surface area contributed by atoms with Crippen molar-refractivity contribution in [2.45, 2.75) is 18.2 Å². The normalized spacial score (nSPS) is 11.8. The molecule has 5 heteroatoms. The lowest BCUT2D eigenvalue weighted by Crippen LogP contribution is -2.23. The fourth-order valence-electron chi connectivity index (χ4n) is 1.51. The molecular weight excluding hydrogens is 238 g/mol. The average Bonchev–Trinajstić information content (AvgIpc) is 2.21. The molecule has 0 radical (unpaired) electrons. The van der Waals surface area contributed by atoms with E-state index >= 15 is 0 Å². The van der Waals surface area contributed by atoms with Gasteiger partial charge < -0.3 is 5.11 Å². The van der Waals surface area contributed by atoms with Gasteiger partial charge in [-0.25, -0.2) is 12.7 Å².